The van der Waals surface area contributed by atoms with Crippen LogP contribution in [0.15, 0.2) is 17.5 Å². The molecule has 114 valence electrons. The molecule has 1 aliphatic carbocycles. The number of hydrogen-bond donors (Lipinski definition) is 1. The van der Waals surface area contributed by atoms with Crippen molar-refractivity contribution in [2.75, 3.05) is 13.1 Å². The molecule has 3 rings (SSSR count). The Hall–Kier alpha value is -1.36. The van der Waals surface area contributed by atoms with E-state index < -0.39 is 0 Å². The highest BCUT2D eigenvalue weighted by Crippen LogP contribution is 2.43. The third-order valence-electron chi connectivity index (χ3n) is 4.99. The second-order valence-corrected chi connectivity index (χ2v) is 7.21. The Bertz CT molecular complexity index is 520. The highest BCUT2D eigenvalue weighted by molar-refractivity contribution is 7.10. The summed E-state index contributed by atoms with van der Waals surface area (Å²) in [7, 11) is 0. The Morgan fingerprint density at radius 3 is 2.62 bits per heavy atom. The molecule has 2 N–H and O–H groups in total. The van der Waals surface area contributed by atoms with Crippen LogP contribution in [-0.2, 0) is 15.0 Å². The second kappa shape index (κ2) is 5.79. The first-order chi connectivity index (χ1) is 10.1. The summed E-state index contributed by atoms with van der Waals surface area (Å²) >= 11 is 1.68. The summed E-state index contributed by atoms with van der Waals surface area (Å²) in [6, 6.07) is 4.12. The van der Waals surface area contributed by atoms with E-state index in [4.69, 9.17) is 5.73 Å². The molecule has 0 aromatic carbocycles. The molecule has 2 fully saturated rings. The molecule has 5 heteroatoms. The summed E-state index contributed by atoms with van der Waals surface area (Å²) in [5, 5.41) is 2.05. The van der Waals surface area contributed by atoms with Crippen molar-refractivity contribution < 1.29 is 9.59 Å². The molecule has 2 amide bonds. The lowest BCUT2D eigenvalue weighted by atomic mass is 9.72. The van der Waals surface area contributed by atoms with Crippen LogP contribution in [0.3, 0.4) is 0 Å². The van der Waals surface area contributed by atoms with Gasteiger partial charge in [0.05, 0.1) is 11.3 Å². The topological polar surface area (TPSA) is 63.4 Å². The van der Waals surface area contributed by atoms with Crippen LogP contribution in [0, 0.1) is 5.92 Å². The van der Waals surface area contributed by atoms with E-state index in [0.717, 1.165) is 25.7 Å². The fourth-order valence-electron chi connectivity index (χ4n) is 3.75. The van der Waals surface area contributed by atoms with Gasteiger partial charge in [0, 0.05) is 18.0 Å². The number of amides is 2. The minimum atomic E-state index is -0.348. The van der Waals surface area contributed by atoms with E-state index in [1.807, 2.05) is 11.0 Å². The molecule has 2 heterocycles. The summed E-state index contributed by atoms with van der Waals surface area (Å²) in [6.07, 6.45) is 6.01. The monoisotopic (exact) mass is 306 g/mol. The third-order valence-corrected chi connectivity index (χ3v) is 6.06. The molecule has 1 saturated heterocycles. The molecule has 1 aromatic heterocycles. The van der Waals surface area contributed by atoms with Gasteiger partial charge in [-0.2, -0.15) is 0 Å². The van der Waals surface area contributed by atoms with Gasteiger partial charge in [-0.25, -0.2) is 0 Å². The first-order valence-electron chi connectivity index (χ1n) is 7.76. The highest BCUT2D eigenvalue weighted by Gasteiger charge is 2.46. The summed E-state index contributed by atoms with van der Waals surface area (Å²) < 4.78 is 0. The van der Waals surface area contributed by atoms with Crippen molar-refractivity contribution in [3.8, 4) is 0 Å². The van der Waals surface area contributed by atoms with Crippen LogP contribution in [-0.4, -0.2) is 29.8 Å². The number of carbonyl (C=O) groups is 2. The first-order valence-corrected chi connectivity index (χ1v) is 8.64. The molecule has 1 aromatic rings. The quantitative estimate of drug-likeness (QED) is 0.931. The summed E-state index contributed by atoms with van der Waals surface area (Å²) in [5.41, 5.74) is 5.04. The molecular weight excluding hydrogens is 284 g/mol. The van der Waals surface area contributed by atoms with Crippen molar-refractivity contribution >= 4 is 23.2 Å². The van der Waals surface area contributed by atoms with E-state index in [9.17, 15) is 9.59 Å². The van der Waals surface area contributed by atoms with Gasteiger partial charge >= 0.3 is 0 Å². The average Bonchev–Trinajstić information content (AvgIpc) is 3.18. The van der Waals surface area contributed by atoms with E-state index in [1.54, 1.807) is 11.3 Å². The highest BCUT2D eigenvalue weighted by atomic mass is 32.1. The molecule has 2 aliphatic rings. The van der Waals surface area contributed by atoms with Crippen LogP contribution in [0.25, 0.3) is 0 Å². The molecule has 21 heavy (non-hydrogen) atoms. The number of nitrogens with two attached hydrogens (primary N) is 1. The minimum Gasteiger partial charge on any atom is -0.369 e. The van der Waals surface area contributed by atoms with Gasteiger partial charge in [-0.05, 0) is 30.7 Å². The van der Waals surface area contributed by atoms with Crippen LogP contribution in [0.1, 0.15) is 43.4 Å². The van der Waals surface area contributed by atoms with Gasteiger partial charge < -0.3 is 10.6 Å². The molecule has 4 nitrogen and oxygen atoms in total. The van der Waals surface area contributed by atoms with Crippen LogP contribution in [0.5, 0.6) is 0 Å². The van der Waals surface area contributed by atoms with Gasteiger partial charge in [-0.3, -0.25) is 9.59 Å². The molecule has 0 spiro atoms. The largest absolute Gasteiger partial charge is 0.369 e. The standard InChI is InChI=1S/C16H22N2O2S/c17-14(19)12-6-9-18(11-12)15(20)16(7-2-1-3-8-16)13-5-4-10-21-13/h4-5,10,12H,1-3,6-9,11H2,(H2,17,19)/t12-/m1/s1. The van der Waals surface area contributed by atoms with Crippen LogP contribution in [0.2, 0.25) is 0 Å². The Balaban J connectivity index is 1.84. The van der Waals surface area contributed by atoms with E-state index in [0.29, 0.717) is 19.5 Å². The lowest BCUT2D eigenvalue weighted by Gasteiger charge is -2.38. The summed E-state index contributed by atoms with van der Waals surface area (Å²) in [5.74, 6) is -0.231. The van der Waals surface area contributed by atoms with Crippen molar-refractivity contribution in [1.82, 2.24) is 4.90 Å². The predicted molar refractivity (Wildman–Crippen MR) is 83.0 cm³/mol. The van der Waals surface area contributed by atoms with Gasteiger partial charge in [0.25, 0.3) is 0 Å². The number of primary amides is 1. The van der Waals surface area contributed by atoms with Gasteiger partial charge in [0.1, 0.15) is 0 Å². The minimum absolute atomic E-state index is 0.169. The molecule has 1 aliphatic heterocycles. The smallest absolute Gasteiger partial charge is 0.234 e. The Morgan fingerprint density at radius 1 is 1.29 bits per heavy atom. The van der Waals surface area contributed by atoms with Crippen LogP contribution in [0.4, 0.5) is 0 Å². The van der Waals surface area contributed by atoms with Gasteiger partial charge in [-0.1, -0.05) is 25.3 Å². The van der Waals surface area contributed by atoms with Gasteiger partial charge in [-0.15, -0.1) is 11.3 Å². The van der Waals surface area contributed by atoms with Gasteiger partial charge in [0.15, 0.2) is 0 Å². The van der Waals surface area contributed by atoms with E-state index >= 15 is 0 Å². The zero-order chi connectivity index (χ0) is 14.9. The Morgan fingerprint density at radius 2 is 2.05 bits per heavy atom. The van der Waals surface area contributed by atoms with E-state index in [2.05, 4.69) is 11.4 Å². The lowest BCUT2D eigenvalue weighted by molar-refractivity contribution is -0.138. The summed E-state index contributed by atoms with van der Waals surface area (Å²) in [6.45, 7) is 1.17. The second-order valence-electron chi connectivity index (χ2n) is 6.26. The van der Waals surface area contributed by atoms with Gasteiger partial charge in [0.2, 0.25) is 11.8 Å². The molecule has 0 bridgehead atoms. The number of nitrogens with zero attached hydrogens (tertiary/aromatic N) is 1. The fourth-order valence-corrected chi connectivity index (χ4v) is 4.73. The first kappa shape index (κ1) is 14.6. The van der Waals surface area contributed by atoms with Crippen molar-refractivity contribution in [3.05, 3.63) is 22.4 Å². The Labute approximate surface area is 129 Å². The van der Waals surface area contributed by atoms with E-state index in [1.165, 1.54) is 11.3 Å². The maximum Gasteiger partial charge on any atom is 0.234 e. The summed E-state index contributed by atoms with van der Waals surface area (Å²) in [4.78, 5) is 27.6. The zero-order valence-electron chi connectivity index (χ0n) is 12.2. The van der Waals surface area contributed by atoms with Crippen molar-refractivity contribution in [3.63, 3.8) is 0 Å². The Kier molecular flexibility index (Phi) is 4.02. The molecular formula is C16H22N2O2S. The van der Waals surface area contributed by atoms with Crippen LogP contribution < -0.4 is 5.73 Å². The SMILES string of the molecule is NC(=O)[C@@H]1CCN(C(=O)C2(c3cccs3)CCCCC2)C1. The van der Waals surface area contributed by atoms with Crippen molar-refractivity contribution in [2.24, 2.45) is 11.7 Å². The van der Waals surface area contributed by atoms with Crippen molar-refractivity contribution in [2.45, 2.75) is 43.9 Å². The normalized spacial score (nSPS) is 25.0. The number of carbonyl (C=O) groups excluding carboxylic acids is 2. The zero-order valence-corrected chi connectivity index (χ0v) is 13.0. The lowest BCUT2D eigenvalue weighted by Crippen LogP contribution is -2.47. The maximum absolute atomic E-state index is 13.2. The maximum atomic E-state index is 13.2. The average molecular weight is 306 g/mol. The number of likely N-dealkylation sites (tertiary alicyclic amines) is 1. The fraction of sp³-hybridized carbons (Fsp3) is 0.625. The number of hydrogen-bond acceptors (Lipinski definition) is 3. The number of thiophene rings is 1. The number of rotatable bonds is 3. The third kappa shape index (κ3) is 2.59. The molecule has 1 atom stereocenters. The molecule has 0 radical (unpaired) electrons. The van der Waals surface area contributed by atoms with Crippen molar-refractivity contribution in [1.29, 1.82) is 0 Å². The molecule has 0 unspecified atom stereocenters. The van der Waals surface area contributed by atoms with Crippen LogP contribution >= 0.6 is 11.3 Å². The van der Waals surface area contributed by atoms with E-state index in [-0.39, 0.29) is 23.1 Å². The molecule has 1 saturated carbocycles. The predicted octanol–water partition coefficient (Wildman–Crippen LogP) is 2.28.